The number of likely N-dealkylation sites (tertiary alicyclic amines) is 1. The van der Waals surface area contributed by atoms with Crippen LogP contribution in [0.3, 0.4) is 0 Å². The van der Waals surface area contributed by atoms with Crippen LogP contribution in [0.15, 0.2) is 22.8 Å². The number of piperidine rings is 1. The second-order valence-electron chi connectivity index (χ2n) is 10.4. The third-order valence-corrected chi connectivity index (χ3v) is 7.26. The van der Waals surface area contributed by atoms with E-state index in [1.165, 1.54) is 54.1 Å². The quantitative estimate of drug-likeness (QED) is 0.546. The van der Waals surface area contributed by atoms with Crippen molar-refractivity contribution in [3.05, 3.63) is 33.9 Å². The molecule has 2 heterocycles. The van der Waals surface area contributed by atoms with Crippen LogP contribution >= 0.6 is 15.9 Å². The number of ether oxygens (including phenoxy) is 1. The number of halogens is 1. The Labute approximate surface area is 194 Å². The van der Waals surface area contributed by atoms with Gasteiger partial charge in [0, 0.05) is 31.0 Å². The summed E-state index contributed by atoms with van der Waals surface area (Å²) in [5.41, 5.74) is 3.73. The highest BCUT2D eigenvalue weighted by Gasteiger charge is 2.26. The van der Waals surface area contributed by atoms with Crippen molar-refractivity contribution in [1.82, 2.24) is 14.8 Å². The minimum absolute atomic E-state index is 0.240. The molecule has 1 aromatic carbocycles. The Morgan fingerprint density at radius 1 is 1.23 bits per heavy atom. The highest BCUT2D eigenvalue weighted by atomic mass is 79.9. The standard InChI is InChI=1S/C25H36BrN3O2/c1-25(2,3)31-24(30)28(4)13-14-29-11-9-18(10-12-29)19-7-8-22-20(16-19)21(23(26)27-22)15-17-5-6-17/h7-8,16-18,27H,5-6,9-15H2,1-4H3. The molecule has 0 spiro atoms. The van der Waals surface area contributed by atoms with Crippen molar-refractivity contribution < 1.29 is 9.53 Å². The Morgan fingerprint density at radius 2 is 1.94 bits per heavy atom. The van der Waals surface area contributed by atoms with Crippen LogP contribution in [0.25, 0.3) is 10.9 Å². The largest absolute Gasteiger partial charge is 0.444 e. The molecule has 0 bridgehead atoms. The highest BCUT2D eigenvalue weighted by molar-refractivity contribution is 9.10. The number of H-pyrrole nitrogens is 1. The molecule has 2 aliphatic rings. The first-order valence-electron chi connectivity index (χ1n) is 11.7. The molecule has 0 unspecified atom stereocenters. The predicted molar refractivity (Wildman–Crippen MR) is 130 cm³/mol. The number of rotatable bonds is 6. The molecule has 1 aliphatic carbocycles. The average Bonchev–Trinajstić information content (AvgIpc) is 3.48. The van der Waals surface area contributed by atoms with E-state index in [0.717, 1.165) is 30.2 Å². The molecule has 170 valence electrons. The Bertz CT molecular complexity index is 921. The molecule has 6 heteroatoms. The van der Waals surface area contributed by atoms with Gasteiger partial charge in [0.1, 0.15) is 5.60 Å². The van der Waals surface area contributed by atoms with E-state index >= 15 is 0 Å². The molecule has 1 saturated carbocycles. The Balaban J connectivity index is 1.31. The molecule has 1 aromatic heterocycles. The second kappa shape index (κ2) is 9.14. The number of hydrogen-bond donors (Lipinski definition) is 1. The lowest BCUT2D eigenvalue weighted by molar-refractivity contribution is 0.0278. The molecule has 1 amide bonds. The van der Waals surface area contributed by atoms with Crippen LogP contribution in [0.5, 0.6) is 0 Å². The van der Waals surface area contributed by atoms with Gasteiger partial charge >= 0.3 is 6.09 Å². The van der Waals surface area contributed by atoms with Gasteiger partial charge in [-0.15, -0.1) is 0 Å². The number of likely N-dealkylation sites (N-methyl/N-ethyl adjacent to an activating group) is 1. The molecular formula is C25H36BrN3O2. The van der Waals surface area contributed by atoms with Gasteiger partial charge in [-0.1, -0.05) is 6.07 Å². The van der Waals surface area contributed by atoms with Gasteiger partial charge in [0.15, 0.2) is 0 Å². The number of hydrogen-bond acceptors (Lipinski definition) is 3. The van der Waals surface area contributed by atoms with Gasteiger partial charge in [-0.3, -0.25) is 0 Å². The fourth-order valence-corrected chi connectivity index (χ4v) is 5.10. The third kappa shape index (κ3) is 5.83. The third-order valence-electron chi connectivity index (χ3n) is 6.58. The van der Waals surface area contributed by atoms with Crippen LogP contribution in [-0.4, -0.2) is 59.7 Å². The van der Waals surface area contributed by atoms with Gasteiger partial charge in [0.25, 0.3) is 0 Å². The van der Waals surface area contributed by atoms with E-state index in [-0.39, 0.29) is 6.09 Å². The summed E-state index contributed by atoms with van der Waals surface area (Å²) in [7, 11) is 1.82. The van der Waals surface area contributed by atoms with Gasteiger partial charge < -0.3 is 19.5 Å². The maximum Gasteiger partial charge on any atom is 0.410 e. The molecule has 1 aliphatic heterocycles. The Hall–Kier alpha value is -1.53. The van der Waals surface area contributed by atoms with Crippen molar-refractivity contribution in [1.29, 1.82) is 0 Å². The first-order chi connectivity index (χ1) is 14.7. The highest BCUT2D eigenvalue weighted by Crippen LogP contribution is 2.39. The van der Waals surface area contributed by atoms with E-state index in [0.29, 0.717) is 12.5 Å². The predicted octanol–water partition coefficient (Wildman–Crippen LogP) is 5.93. The number of aromatic nitrogens is 1. The van der Waals surface area contributed by atoms with Crippen LogP contribution in [0, 0.1) is 5.92 Å². The number of aromatic amines is 1. The van der Waals surface area contributed by atoms with Crippen molar-refractivity contribution in [2.24, 2.45) is 5.92 Å². The van der Waals surface area contributed by atoms with Crippen molar-refractivity contribution in [3.8, 4) is 0 Å². The molecule has 1 N–H and O–H groups in total. The van der Waals surface area contributed by atoms with Crippen LogP contribution in [0.4, 0.5) is 4.79 Å². The number of carbonyl (C=O) groups excluding carboxylic acids is 1. The zero-order valence-electron chi connectivity index (χ0n) is 19.3. The summed E-state index contributed by atoms with van der Waals surface area (Å²) >= 11 is 3.75. The van der Waals surface area contributed by atoms with E-state index in [9.17, 15) is 4.79 Å². The number of amides is 1. The molecule has 4 rings (SSSR count). The van der Waals surface area contributed by atoms with E-state index in [1.54, 1.807) is 4.90 Å². The van der Waals surface area contributed by atoms with E-state index in [1.807, 2.05) is 27.8 Å². The molecule has 1 saturated heterocycles. The van der Waals surface area contributed by atoms with Crippen molar-refractivity contribution >= 4 is 32.9 Å². The fraction of sp³-hybridized carbons (Fsp3) is 0.640. The Morgan fingerprint density at radius 3 is 2.58 bits per heavy atom. The van der Waals surface area contributed by atoms with Crippen LogP contribution < -0.4 is 0 Å². The topological polar surface area (TPSA) is 48.6 Å². The van der Waals surface area contributed by atoms with Crippen molar-refractivity contribution in [3.63, 3.8) is 0 Å². The summed E-state index contributed by atoms with van der Waals surface area (Å²) < 4.78 is 6.61. The second-order valence-corrected chi connectivity index (χ2v) is 11.2. The van der Waals surface area contributed by atoms with Crippen LogP contribution in [0.2, 0.25) is 0 Å². The zero-order valence-corrected chi connectivity index (χ0v) is 20.9. The van der Waals surface area contributed by atoms with Crippen molar-refractivity contribution in [2.75, 3.05) is 33.2 Å². The summed E-state index contributed by atoms with van der Waals surface area (Å²) in [6.07, 6.45) is 6.04. The minimum atomic E-state index is -0.446. The number of nitrogens with zero attached hydrogens (tertiary/aromatic N) is 2. The molecule has 2 aromatic rings. The number of carbonyl (C=O) groups is 1. The smallest absolute Gasteiger partial charge is 0.410 e. The van der Waals surface area contributed by atoms with E-state index in [2.05, 4.69) is 44.0 Å². The lowest BCUT2D eigenvalue weighted by Gasteiger charge is -2.33. The normalized spacial score (nSPS) is 18.5. The lowest BCUT2D eigenvalue weighted by atomic mass is 9.88. The van der Waals surface area contributed by atoms with Gasteiger partial charge in [-0.2, -0.15) is 0 Å². The van der Waals surface area contributed by atoms with Gasteiger partial charge in [0.05, 0.1) is 4.60 Å². The van der Waals surface area contributed by atoms with E-state index in [4.69, 9.17) is 4.74 Å². The fourth-order valence-electron chi connectivity index (χ4n) is 4.51. The van der Waals surface area contributed by atoms with Crippen LogP contribution in [0.1, 0.15) is 63.5 Å². The number of nitrogens with one attached hydrogen (secondary N) is 1. The van der Waals surface area contributed by atoms with Gasteiger partial charge in [0.2, 0.25) is 0 Å². The first kappa shape index (κ1) is 22.7. The number of fused-ring (bicyclic) bond motifs is 1. The summed E-state index contributed by atoms with van der Waals surface area (Å²) in [5.74, 6) is 1.49. The number of benzene rings is 1. The average molecular weight is 490 g/mol. The van der Waals surface area contributed by atoms with Gasteiger partial charge in [-0.25, -0.2) is 4.79 Å². The Kier molecular flexibility index (Phi) is 6.68. The monoisotopic (exact) mass is 489 g/mol. The minimum Gasteiger partial charge on any atom is -0.444 e. The molecule has 31 heavy (non-hydrogen) atoms. The summed E-state index contributed by atoms with van der Waals surface area (Å²) in [6.45, 7) is 9.48. The summed E-state index contributed by atoms with van der Waals surface area (Å²) in [5, 5.41) is 1.40. The SMILES string of the molecule is CN(CCN1CCC(c2ccc3[nH]c(Br)c(CC4CC4)c3c2)CC1)C(=O)OC(C)(C)C. The van der Waals surface area contributed by atoms with Gasteiger partial charge in [-0.05, 0) is 117 Å². The summed E-state index contributed by atoms with van der Waals surface area (Å²) in [6, 6.07) is 7.00. The van der Waals surface area contributed by atoms with E-state index < -0.39 is 5.60 Å². The lowest BCUT2D eigenvalue weighted by Crippen LogP contribution is -2.41. The van der Waals surface area contributed by atoms with Crippen molar-refractivity contribution in [2.45, 2.75) is 64.4 Å². The molecule has 5 nitrogen and oxygen atoms in total. The first-order valence-corrected chi connectivity index (χ1v) is 12.5. The summed E-state index contributed by atoms with van der Waals surface area (Å²) in [4.78, 5) is 19.8. The molecule has 0 radical (unpaired) electrons. The maximum atomic E-state index is 12.2. The molecular weight excluding hydrogens is 454 g/mol. The van der Waals surface area contributed by atoms with Crippen LogP contribution in [-0.2, 0) is 11.2 Å². The molecule has 0 atom stereocenters. The maximum absolute atomic E-state index is 12.2. The zero-order chi connectivity index (χ0) is 22.2. The molecule has 2 fully saturated rings.